The van der Waals surface area contributed by atoms with Crippen LogP contribution in [0.5, 0.6) is 0 Å². The molecule has 1 saturated carbocycles. The lowest BCUT2D eigenvalue weighted by atomic mass is 9.75. The molecule has 21 heavy (non-hydrogen) atoms. The van der Waals surface area contributed by atoms with Crippen LogP contribution < -0.4 is 5.32 Å². The van der Waals surface area contributed by atoms with E-state index >= 15 is 0 Å². The topological polar surface area (TPSA) is 32.3 Å². The van der Waals surface area contributed by atoms with Crippen molar-refractivity contribution in [2.24, 2.45) is 5.92 Å². The van der Waals surface area contributed by atoms with Crippen LogP contribution in [0.15, 0.2) is 30.3 Å². The Morgan fingerprint density at radius 2 is 1.86 bits per heavy atom. The van der Waals surface area contributed by atoms with E-state index in [0.29, 0.717) is 17.9 Å². The van der Waals surface area contributed by atoms with Crippen molar-refractivity contribution in [1.82, 2.24) is 10.2 Å². The summed E-state index contributed by atoms with van der Waals surface area (Å²) in [6.07, 6.45) is 3.18. The number of carbonyl (C=O) groups excluding carboxylic acids is 1. The Morgan fingerprint density at radius 3 is 2.38 bits per heavy atom. The van der Waals surface area contributed by atoms with Crippen LogP contribution in [0.2, 0.25) is 0 Å². The molecule has 1 atom stereocenters. The molecular formula is C18H28N2O. The van der Waals surface area contributed by atoms with Crippen molar-refractivity contribution in [3.8, 4) is 0 Å². The molecule has 1 N–H and O–H groups in total. The number of likely N-dealkylation sites (N-methyl/N-ethyl adjacent to an activating group) is 1. The molecule has 3 heteroatoms. The van der Waals surface area contributed by atoms with Crippen molar-refractivity contribution < 1.29 is 4.79 Å². The molecule has 1 aromatic carbocycles. The van der Waals surface area contributed by atoms with Crippen LogP contribution in [0, 0.1) is 5.92 Å². The van der Waals surface area contributed by atoms with Gasteiger partial charge >= 0.3 is 0 Å². The molecule has 2 rings (SSSR count). The normalized spacial score (nSPS) is 22.7. The molecule has 1 aliphatic rings. The van der Waals surface area contributed by atoms with Gasteiger partial charge in [-0.15, -0.1) is 0 Å². The van der Waals surface area contributed by atoms with Crippen molar-refractivity contribution >= 4 is 5.91 Å². The van der Waals surface area contributed by atoms with Crippen molar-refractivity contribution in [1.29, 1.82) is 0 Å². The summed E-state index contributed by atoms with van der Waals surface area (Å²) in [4.78, 5) is 14.0. The maximum atomic E-state index is 12.3. The lowest BCUT2D eigenvalue weighted by Gasteiger charge is -2.39. The molecule has 1 unspecified atom stereocenters. The summed E-state index contributed by atoms with van der Waals surface area (Å²) in [5.41, 5.74) is 1.43. The number of rotatable bonds is 6. The van der Waals surface area contributed by atoms with Gasteiger partial charge in [0.25, 0.3) is 0 Å². The standard InChI is InChI=1S/C18H28N2O/c1-13(2)10-17(18(21)20(3)4)19-16-11-15(12-16)14-8-6-5-7-9-14/h5-9,13,15-17,19H,10-12H2,1-4H3. The van der Waals surface area contributed by atoms with E-state index in [1.54, 1.807) is 4.90 Å². The van der Waals surface area contributed by atoms with Gasteiger partial charge in [0.15, 0.2) is 0 Å². The minimum atomic E-state index is -0.0401. The van der Waals surface area contributed by atoms with Gasteiger partial charge in [0, 0.05) is 20.1 Å². The molecule has 0 radical (unpaired) electrons. The van der Waals surface area contributed by atoms with Gasteiger partial charge in [0.1, 0.15) is 0 Å². The summed E-state index contributed by atoms with van der Waals surface area (Å²) in [6.45, 7) is 4.34. The van der Waals surface area contributed by atoms with E-state index in [1.807, 2.05) is 14.1 Å². The SMILES string of the molecule is CC(C)CC(NC1CC(c2ccccc2)C1)C(=O)N(C)C. The highest BCUT2D eigenvalue weighted by molar-refractivity contribution is 5.81. The Hall–Kier alpha value is -1.35. The third-order valence-electron chi connectivity index (χ3n) is 4.29. The lowest BCUT2D eigenvalue weighted by Crippen LogP contribution is -2.52. The smallest absolute Gasteiger partial charge is 0.239 e. The van der Waals surface area contributed by atoms with Crippen molar-refractivity contribution in [3.63, 3.8) is 0 Å². The first-order valence-corrected chi connectivity index (χ1v) is 7.99. The zero-order valence-electron chi connectivity index (χ0n) is 13.7. The van der Waals surface area contributed by atoms with Gasteiger partial charge in [-0.3, -0.25) is 4.79 Å². The second kappa shape index (κ2) is 7.08. The van der Waals surface area contributed by atoms with E-state index in [-0.39, 0.29) is 11.9 Å². The van der Waals surface area contributed by atoms with E-state index in [2.05, 4.69) is 49.5 Å². The first kappa shape index (κ1) is 16.0. The average Bonchev–Trinajstić information content (AvgIpc) is 2.40. The summed E-state index contributed by atoms with van der Waals surface area (Å²) in [7, 11) is 3.68. The number of hydrogen-bond donors (Lipinski definition) is 1. The highest BCUT2D eigenvalue weighted by Crippen LogP contribution is 2.37. The molecule has 116 valence electrons. The minimum absolute atomic E-state index is 0.0401. The molecule has 0 heterocycles. The minimum Gasteiger partial charge on any atom is -0.347 e. The Labute approximate surface area is 128 Å². The van der Waals surface area contributed by atoms with E-state index in [4.69, 9.17) is 0 Å². The molecule has 0 spiro atoms. The predicted molar refractivity (Wildman–Crippen MR) is 87.3 cm³/mol. The second-order valence-electron chi connectivity index (χ2n) is 6.86. The predicted octanol–water partition coefficient (Wildman–Crippen LogP) is 3.03. The zero-order valence-corrected chi connectivity index (χ0v) is 13.7. The molecule has 1 aromatic rings. The molecule has 0 aromatic heterocycles. The fourth-order valence-electron chi connectivity index (χ4n) is 3.06. The Balaban J connectivity index is 1.87. The summed E-state index contributed by atoms with van der Waals surface area (Å²) >= 11 is 0. The summed E-state index contributed by atoms with van der Waals surface area (Å²) in [5.74, 6) is 1.38. The van der Waals surface area contributed by atoms with E-state index in [1.165, 1.54) is 5.56 Å². The van der Waals surface area contributed by atoms with Crippen LogP contribution in [0.25, 0.3) is 0 Å². The average molecular weight is 288 g/mol. The number of hydrogen-bond acceptors (Lipinski definition) is 2. The van der Waals surface area contributed by atoms with Gasteiger partial charge in [-0.25, -0.2) is 0 Å². The third kappa shape index (κ3) is 4.31. The largest absolute Gasteiger partial charge is 0.347 e. The molecular weight excluding hydrogens is 260 g/mol. The van der Waals surface area contributed by atoms with Gasteiger partial charge in [-0.05, 0) is 36.7 Å². The molecule has 1 amide bonds. The Morgan fingerprint density at radius 1 is 1.24 bits per heavy atom. The number of nitrogens with one attached hydrogen (secondary N) is 1. The second-order valence-corrected chi connectivity index (χ2v) is 6.86. The Kier molecular flexibility index (Phi) is 5.40. The summed E-state index contributed by atoms with van der Waals surface area (Å²) in [6, 6.07) is 11.1. The highest BCUT2D eigenvalue weighted by Gasteiger charge is 2.33. The number of amides is 1. The molecule has 3 nitrogen and oxygen atoms in total. The summed E-state index contributed by atoms with van der Waals surface area (Å²) < 4.78 is 0. The molecule has 0 aliphatic heterocycles. The maximum Gasteiger partial charge on any atom is 0.239 e. The maximum absolute atomic E-state index is 12.3. The van der Waals surface area contributed by atoms with Crippen molar-refractivity contribution in [2.75, 3.05) is 14.1 Å². The molecule has 0 bridgehead atoms. The van der Waals surface area contributed by atoms with Gasteiger partial charge in [-0.2, -0.15) is 0 Å². The summed E-state index contributed by atoms with van der Waals surface area (Å²) in [5, 5.41) is 3.57. The van der Waals surface area contributed by atoms with Gasteiger partial charge in [0.2, 0.25) is 5.91 Å². The fraction of sp³-hybridized carbons (Fsp3) is 0.611. The van der Waals surface area contributed by atoms with Crippen LogP contribution in [0.4, 0.5) is 0 Å². The van der Waals surface area contributed by atoms with E-state index < -0.39 is 0 Å². The molecule has 1 fully saturated rings. The number of benzene rings is 1. The highest BCUT2D eigenvalue weighted by atomic mass is 16.2. The zero-order chi connectivity index (χ0) is 15.4. The number of nitrogens with zero attached hydrogens (tertiary/aromatic N) is 1. The molecule has 1 aliphatic carbocycles. The van der Waals surface area contributed by atoms with Gasteiger partial charge < -0.3 is 10.2 Å². The lowest BCUT2D eigenvalue weighted by molar-refractivity contribution is -0.131. The van der Waals surface area contributed by atoms with Crippen molar-refractivity contribution in [3.05, 3.63) is 35.9 Å². The third-order valence-corrected chi connectivity index (χ3v) is 4.29. The number of carbonyl (C=O) groups is 1. The fourth-order valence-corrected chi connectivity index (χ4v) is 3.06. The first-order chi connectivity index (χ1) is 9.97. The van der Waals surface area contributed by atoms with Crippen LogP contribution >= 0.6 is 0 Å². The van der Waals surface area contributed by atoms with Crippen molar-refractivity contribution in [2.45, 2.75) is 51.1 Å². The first-order valence-electron chi connectivity index (χ1n) is 7.99. The van der Waals surface area contributed by atoms with Crippen LogP contribution in [-0.2, 0) is 4.79 Å². The van der Waals surface area contributed by atoms with Crippen LogP contribution in [-0.4, -0.2) is 37.0 Å². The van der Waals surface area contributed by atoms with Crippen LogP contribution in [0.3, 0.4) is 0 Å². The van der Waals surface area contributed by atoms with Crippen LogP contribution in [0.1, 0.15) is 44.6 Å². The monoisotopic (exact) mass is 288 g/mol. The van der Waals surface area contributed by atoms with Gasteiger partial charge in [0.05, 0.1) is 6.04 Å². The Bertz CT molecular complexity index is 450. The molecule has 0 saturated heterocycles. The van der Waals surface area contributed by atoms with E-state index in [0.717, 1.165) is 19.3 Å². The quantitative estimate of drug-likeness (QED) is 0.872. The van der Waals surface area contributed by atoms with E-state index in [9.17, 15) is 4.79 Å². The van der Waals surface area contributed by atoms with Gasteiger partial charge in [-0.1, -0.05) is 44.2 Å².